The minimum atomic E-state index is -4.49. The van der Waals surface area contributed by atoms with Crippen molar-refractivity contribution in [3.63, 3.8) is 0 Å². The Kier molecular flexibility index (Phi) is 4.99. The standard InChI is InChI=1S/C14H18F3N5O/c15-14(16,17)8-1-2-11(19)10(3-8)12(4-18)21-7-13(23)22-9-5-20-6-9/h1-4,9,20-21H,5-7,18-19H2,(H,22,23)/b12-4+. The Morgan fingerprint density at radius 1 is 1.39 bits per heavy atom. The average molecular weight is 329 g/mol. The van der Waals surface area contributed by atoms with Gasteiger partial charge in [0.15, 0.2) is 0 Å². The molecular weight excluding hydrogens is 311 g/mol. The molecule has 1 heterocycles. The van der Waals surface area contributed by atoms with Crippen LogP contribution in [0.4, 0.5) is 18.9 Å². The van der Waals surface area contributed by atoms with Gasteiger partial charge in [0.05, 0.1) is 23.8 Å². The average Bonchev–Trinajstić information content (AvgIpc) is 2.44. The van der Waals surface area contributed by atoms with Crippen LogP contribution in [0.5, 0.6) is 0 Å². The summed E-state index contributed by atoms with van der Waals surface area (Å²) in [6.45, 7) is 1.28. The lowest BCUT2D eigenvalue weighted by Crippen LogP contribution is -2.58. The third-order valence-electron chi connectivity index (χ3n) is 3.42. The lowest BCUT2D eigenvalue weighted by Gasteiger charge is -2.28. The molecule has 0 atom stereocenters. The molecule has 7 N–H and O–H groups in total. The number of halogens is 3. The molecule has 1 aliphatic heterocycles. The van der Waals surface area contributed by atoms with Crippen LogP contribution >= 0.6 is 0 Å². The first-order valence-corrected chi connectivity index (χ1v) is 6.94. The minimum Gasteiger partial charge on any atom is -0.403 e. The molecule has 9 heteroatoms. The smallest absolute Gasteiger partial charge is 0.403 e. The maximum Gasteiger partial charge on any atom is 0.416 e. The predicted octanol–water partition coefficient (Wildman–Crippen LogP) is 0.222. The zero-order valence-electron chi connectivity index (χ0n) is 12.2. The molecule has 0 unspecified atom stereocenters. The second-order valence-electron chi connectivity index (χ2n) is 5.16. The molecule has 0 aromatic heterocycles. The van der Waals surface area contributed by atoms with Crippen LogP contribution in [-0.4, -0.2) is 31.6 Å². The number of hydrogen-bond acceptors (Lipinski definition) is 5. The number of rotatable bonds is 5. The van der Waals surface area contributed by atoms with Gasteiger partial charge in [0.25, 0.3) is 0 Å². The Morgan fingerprint density at radius 3 is 2.61 bits per heavy atom. The first-order valence-electron chi connectivity index (χ1n) is 6.94. The van der Waals surface area contributed by atoms with Crippen LogP contribution in [0.1, 0.15) is 11.1 Å². The van der Waals surface area contributed by atoms with Crippen LogP contribution in [0.3, 0.4) is 0 Å². The zero-order valence-corrected chi connectivity index (χ0v) is 12.2. The fraction of sp³-hybridized carbons (Fsp3) is 0.357. The van der Waals surface area contributed by atoms with Gasteiger partial charge in [-0.05, 0) is 18.2 Å². The topological polar surface area (TPSA) is 105 Å². The van der Waals surface area contributed by atoms with Gasteiger partial charge in [-0.1, -0.05) is 0 Å². The summed E-state index contributed by atoms with van der Waals surface area (Å²) >= 11 is 0. The Labute approximate surface area is 131 Å². The molecule has 6 nitrogen and oxygen atoms in total. The van der Waals surface area contributed by atoms with Crippen molar-refractivity contribution in [2.75, 3.05) is 25.4 Å². The highest BCUT2D eigenvalue weighted by atomic mass is 19.4. The first kappa shape index (κ1) is 16.9. The van der Waals surface area contributed by atoms with E-state index in [1.807, 2.05) is 0 Å². The van der Waals surface area contributed by atoms with Crippen molar-refractivity contribution in [1.29, 1.82) is 0 Å². The lowest BCUT2D eigenvalue weighted by atomic mass is 10.1. The first-order chi connectivity index (χ1) is 10.8. The van der Waals surface area contributed by atoms with E-state index in [1.54, 1.807) is 0 Å². The Morgan fingerprint density at radius 2 is 2.09 bits per heavy atom. The van der Waals surface area contributed by atoms with Gasteiger partial charge in [0.2, 0.25) is 5.91 Å². The third-order valence-corrected chi connectivity index (χ3v) is 3.42. The number of anilines is 1. The van der Waals surface area contributed by atoms with Crippen LogP contribution in [0.2, 0.25) is 0 Å². The predicted molar refractivity (Wildman–Crippen MR) is 80.8 cm³/mol. The van der Waals surface area contributed by atoms with Gasteiger partial charge in [-0.2, -0.15) is 13.2 Å². The molecule has 1 amide bonds. The molecule has 0 radical (unpaired) electrons. The molecule has 126 valence electrons. The molecule has 0 bridgehead atoms. The Balaban J connectivity index is 2.06. The Hall–Kier alpha value is -2.42. The molecule has 1 aromatic rings. The monoisotopic (exact) mass is 329 g/mol. The van der Waals surface area contributed by atoms with Crippen molar-refractivity contribution in [2.24, 2.45) is 5.73 Å². The quantitative estimate of drug-likeness (QED) is 0.497. The molecule has 0 aliphatic carbocycles. The molecule has 23 heavy (non-hydrogen) atoms. The van der Waals surface area contributed by atoms with E-state index < -0.39 is 11.7 Å². The highest BCUT2D eigenvalue weighted by Gasteiger charge is 2.31. The number of benzene rings is 1. The van der Waals surface area contributed by atoms with E-state index in [0.717, 1.165) is 24.4 Å². The van der Waals surface area contributed by atoms with Crippen molar-refractivity contribution >= 4 is 17.3 Å². The number of nitrogens with one attached hydrogen (secondary N) is 3. The van der Waals surface area contributed by atoms with Crippen LogP contribution in [-0.2, 0) is 11.0 Å². The van der Waals surface area contributed by atoms with E-state index in [2.05, 4.69) is 16.0 Å². The van der Waals surface area contributed by atoms with Crippen LogP contribution in [0.25, 0.3) is 5.70 Å². The van der Waals surface area contributed by atoms with E-state index in [-0.39, 0.29) is 35.4 Å². The maximum atomic E-state index is 12.8. The van der Waals surface area contributed by atoms with Gasteiger partial charge in [0, 0.05) is 30.5 Å². The van der Waals surface area contributed by atoms with Crippen LogP contribution in [0, 0.1) is 0 Å². The van der Waals surface area contributed by atoms with Crippen molar-refractivity contribution in [2.45, 2.75) is 12.2 Å². The van der Waals surface area contributed by atoms with E-state index in [4.69, 9.17) is 11.5 Å². The minimum absolute atomic E-state index is 0.0771. The Bertz CT molecular complexity index is 611. The number of amides is 1. The van der Waals surface area contributed by atoms with Gasteiger partial charge < -0.3 is 27.4 Å². The number of carbonyl (C=O) groups excluding carboxylic acids is 1. The van der Waals surface area contributed by atoms with Gasteiger partial charge in [-0.15, -0.1) is 0 Å². The summed E-state index contributed by atoms with van der Waals surface area (Å²) in [6, 6.07) is 3.02. The SMILES string of the molecule is N/C=C(/NCC(=O)NC1CNC1)c1cc(C(F)(F)F)ccc1N. The third kappa shape index (κ3) is 4.28. The zero-order chi connectivity index (χ0) is 17.0. The molecular formula is C14H18F3N5O. The normalized spacial score (nSPS) is 15.9. The summed E-state index contributed by atoms with van der Waals surface area (Å²) in [5.41, 5.74) is 10.7. The van der Waals surface area contributed by atoms with Crippen molar-refractivity contribution in [3.8, 4) is 0 Å². The van der Waals surface area contributed by atoms with Gasteiger partial charge in [0.1, 0.15) is 0 Å². The molecule has 0 spiro atoms. The summed E-state index contributed by atoms with van der Waals surface area (Å²) in [5.74, 6) is -0.276. The van der Waals surface area contributed by atoms with Crippen molar-refractivity contribution in [1.82, 2.24) is 16.0 Å². The molecule has 1 aliphatic rings. The summed E-state index contributed by atoms with van der Waals surface area (Å²) < 4.78 is 38.4. The maximum absolute atomic E-state index is 12.8. The van der Waals surface area contributed by atoms with Gasteiger partial charge in [-0.25, -0.2) is 0 Å². The molecule has 2 rings (SSSR count). The van der Waals surface area contributed by atoms with Crippen molar-refractivity contribution in [3.05, 3.63) is 35.5 Å². The van der Waals surface area contributed by atoms with E-state index >= 15 is 0 Å². The molecule has 0 saturated carbocycles. The van der Waals surface area contributed by atoms with E-state index in [0.29, 0.717) is 13.1 Å². The summed E-state index contributed by atoms with van der Waals surface area (Å²) in [7, 11) is 0. The number of nitrogen functional groups attached to an aromatic ring is 1. The van der Waals surface area contributed by atoms with E-state index in [9.17, 15) is 18.0 Å². The molecule has 1 saturated heterocycles. The molecule has 1 aromatic carbocycles. The number of nitrogens with two attached hydrogens (primary N) is 2. The van der Waals surface area contributed by atoms with E-state index in [1.165, 1.54) is 0 Å². The fourth-order valence-corrected chi connectivity index (χ4v) is 2.05. The van der Waals surface area contributed by atoms with Crippen molar-refractivity contribution < 1.29 is 18.0 Å². The molecule has 1 fully saturated rings. The lowest BCUT2D eigenvalue weighted by molar-refractivity contribution is -0.137. The largest absolute Gasteiger partial charge is 0.416 e. The second-order valence-corrected chi connectivity index (χ2v) is 5.16. The summed E-state index contributed by atoms with van der Waals surface area (Å²) in [6.07, 6.45) is -3.40. The highest BCUT2D eigenvalue weighted by molar-refractivity contribution is 5.82. The second kappa shape index (κ2) is 6.78. The van der Waals surface area contributed by atoms with Crippen LogP contribution in [0.15, 0.2) is 24.4 Å². The summed E-state index contributed by atoms with van der Waals surface area (Å²) in [5, 5.41) is 8.48. The van der Waals surface area contributed by atoms with Gasteiger partial charge in [-0.3, -0.25) is 4.79 Å². The number of alkyl halides is 3. The highest BCUT2D eigenvalue weighted by Crippen LogP contribution is 2.32. The fourth-order valence-electron chi connectivity index (χ4n) is 2.05. The van der Waals surface area contributed by atoms with Gasteiger partial charge >= 0.3 is 6.18 Å². The van der Waals surface area contributed by atoms with Crippen LogP contribution < -0.4 is 27.4 Å². The number of hydrogen-bond donors (Lipinski definition) is 5. The summed E-state index contributed by atoms with van der Waals surface area (Å²) in [4.78, 5) is 11.7. The number of carbonyl (C=O) groups is 1.